The van der Waals surface area contributed by atoms with Gasteiger partial charge in [0.2, 0.25) is 5.91 Å². The Kier molecular flexibility index (Phi) is 4.34. The number of hydrogen-bond donors (Lipinski definition) is 3. The molecular formula is C17H20N2O4. The van der Waals surface area contributed by atoms with Gasteiger partial charge in [-0.15, -0.1) is 0 Å². The first-order valence-electron chi connectivity index (χ1n) is 7.87. The maximum atomic E-state index is 12.1. The topological polar surface area (TPSA) is 91.6 Å². The number of carboxylic acid groups (broad SMARTS) is 1. The van der Waals surface area contributed by atoms with Crippen molar-refractivity contribution in [1.29, 1.82) is 0 Å². The van der Waals surface area contributed by atoms with Crippen LogP contribution in [0.2, 0.25) is 0 Å². The molecule has 0 atom stereocenters. The van der Waals surface area contributed by atoms with Crippen molar-refractivity contribution in [3.63, 3.8) is 0 Å². The Bertz CT molecular complexity index is 764. The fraction of sp³-hybridized carbons (Fsp3) is 0.412. The van der Waals surface area contributed by atoms with Gasteiger partial charge in [-0.25, -0.2) is 4.79 Å². The minimum atomic E-state index is -0.984. The van der Waals surface area contributed by atoms with E-state index in [1.807, 2.05) is 10.6 Å². The van der Waals surface area contributed by atoms with E-state index in [9.17, 15) is 14.7 Å². The summed E-state index contributed by atoms with van der Waals surface area (Å²) in [4.78, 5) is 23.7. The quantitative estimate of drug-likeness (QED) is 0.776. The first-order valence-corrected chi connectivity index (χ1v) is 7.87. The van der Waals surface area contributed by atoms with Crippen molar-refractivity contribution in [2.45, 2.75) is 32.2 Å². The summed E-state index contributed by atoms with van der Waals surface area (Å²) in [6.45, 7) is 0.165. The fourth-order valence-electron chi connectivity index (χ4n) is 3.43. The zero-order valence-electron chi connectivity index (χ0n) is 12.8. The monoisotopic (exact) mass is 316 g/mol. The lowest BCUT2D eigenvalue weighted by atomic mass is 9.95. The van der Waals surface area contributed by atoms with Gasteiger partial charge >= 0.3 is 5.97 Å². The van der Waals surface area contributed by atoms with Gasteiger partial charge in [0.1, 0.15) is 6.54 Å². The molecule has 0 bridgehead atoms. The Morgan fingerprint density at radius 3 is 2.74 bits per heavy atom. The molecule has 2 aromatic rings. The molecular weight excluding hydrogens is 296 g/mol. The van der Waals surface area contributed by atoms with Gasteiger partial charge < -0.3 is 20.1 Å². The van der Waals surface area contributed by atoms with Crippen molar-refractivity contribution in [1.82, 2.24) is 9.88 Å². The van der Waals surface area contributed by atoms with Crippen LogP contribution >= 0.6 is 0 Å². The lowest BCUT2D eigenvalue weighted by molar-refractivity contribution is -0.121. The van der Waals surface area contributed by atoms with Crippen LogP contribution < -0.4 is 5.32 Å². The van der Waals surface area contributed by atoms with Gasteiger partial charge in [0, 0.05) is 17.6 Å². The number of aromatic nitrogens is 1. The molecule has 23 heavy (non-hydrogen) atoms. The second kappa shape index (κ2) is 6.42. The Labute approximate surface area is 133 Å². The highest BCUT2D eigenvalue weighted by molar-refractivity contribution is 6.04. The molecule has 0 spiro atoms. The van der Waals surface area contributed by atoms with Gasteiger partial charge in [0.05, 0.1) is 17.7 Å². The number of aliphatic hydroxyl groups excluding tert-OH is 1. The number of benzene rings is 1. The number of amides is 1. The molecule has 0 saturated heterocycles. The van der Waals surface area contributed by atoms with Crippen molar-refractivity contribution in [2.75, 3.05) is 13.2 Å². The molecule has 3 rings (SSSR count). The standard InChI is InChI=1S/C17H20N2O4/c20-9-8-18-15(21)10-19-14-7-2-1-4-11(14)12-5-3-6-13(16(12)19)17(22)23/h3,5-6,20H,1-2,4,7-10H2,(H,18,21)(H,22,23). The van der Waals surface area contributed by atoms with Crippen LogP contribution in [0.1, 0.15) is 34.5 Å². The number of carboxylic acids is 1. The number of nitrogens with one attached hydrogen (secondary N) is 1. The number of aryl methyl sites for hydroxylation is 1. The predicted molar refractivity (Wildman–Crippen MR) is 85.6 cm³/mol. The van der Waals surface area contributed by atoms with Gasteiger partial charge in [-0.1, -0.05) is 12.1 Å². The van der Waals surface area contributed by atoms with Crippen LogP contribution in [0.3, 0.4) is 0 Å². The second-order valence-electron chi connectivity index (χ2n) is 5.80. The third-order valence-corrected chi connectivity index (χ3v) is 4.36. The Morgan fingerprint density at radius 2 is 2.00 bits per heavy atom. The van der Waals surface area contributed by atoms with E-state index in [0.29, 0.717) is 5.52 Å². The third-order valence-electron chi connectivity index (χ3n) is 4.36. The van der Waals surface area contributed by atoms with E-state index in [0.717, 1.165) is 36.8 Å². The summed E-state index contributed by atoms with van der Waals surface area (Å²) < 4.78 is 1.85. The smallest absolute Gasteiger partial charge is 0.337 e. The van der Waals surface area contributed by atoms with Crippen molar-refractivity contribution in [2.24, 2.45) is 0 Å². The largest absolute Gasteiger partial charge is 0.478 e. The van der Waals surface area contributed by atoms with Gasteiger partial charge in [-0.2, -0.15) is 0 Å². The molecule has 1 amide bonds. The number of carbonyl (C=O) groups is 2. The van der Waals surface area contributed by atoms with E-state index >= 15 is 0 Å². The summed E-state index contributed by atoms with van der Waals surface area (Å²) in [5.74, 6) is -1.20. The van der Waals surface area contributed by atoms with E-state index < -0.39 is 5.97 Å². The highest BCUT2D eigenvalue weighted by Crippen LogP contribution is 2.34. The minimum absolute atomic E-state index is 0.0795. The molecule has 1 aliphatic carbocycles. The van der Waals surface area contributed by atoms with Crippen LogP contribution in [0, 0.1) is 0 Å². The van der Waals surface area contributed by atoms with Crippen molar-refractivity contribution < 1.29 is 19.8 Å². The van der Waals surface area contributed by atoms with E-state index in [-0.39, 0.29) is 31.2 Å². The summed E-state index contributed by atoms with van der Waals surface area (Å²) in [5, 5.41) is 21.9. The highest BCUT2D eigenvalue weighted by Gasteiger charge is 2.24. The van der Waals surface area contributed by atoms with Crippen LogP contribution in [-0.2, 0) is 24.2 Å². The maximum Gasteiger partial charge on any atom is 0.337 e. The summed E-state index contributed by atoms with van der Waals surface area (Å²) in [5.41, 5.74) is 3.10. The number of carbonyl (C=O) groups excluding carboxylic acids is 1. The molecule has 0 radical (unpaired) electrons. The molecule has 1 aliphatic rings. The molecule has 122 valence electrons. The maximum absolute atomic E-state index is 12.1. The van der Waals surface area contributed by atoms with Crippen molar-refractivity contribution in [3.05, 3.63) is 35.0 Å². The van der Waals surface area contributed by atoms with Crippen LogP contribution in [0.15, 0.2) is 18.2 Å². The van der Waals surface area contributed by atoms with E-state index in [2.05, 4.69) is 5.32 Å². The predicted octanol–water partition coefficient (Wildman–Crippen LogP) is 1.33. The first kappa shape index (κ1) is 15.6. The molecule has 6 nitrogen and oxygen atoms in total. The number of aliphatic hydroxyl groups is 1. The lowest BCUT2D eigenvalue weighted by Gasteiger charge is -2.16. The zero-order chi connectivity index (χ0) is 16.4. The van der Waals surface area contributed by atoms with Crippen LogP contribution in [0.4, 0.5) is 0 Å². The molecule has 0 unspecified atom stereocenters. The molecule has 3 N–H and O–H groups in total. The molecule has 0 fully saturated rings. The fourth-order valence-corrected chi connectivity index (χ4v) is 3.43. The van der Waals surface area contributed by atoms with Gasteiger partial charge in [0.25, 0.3) is 0 Å². The van der Waals surface area contributed by atoms with Crippen molar-refractivity contribution >= 4 is 22.8 Å². The molecule has 0 aliphatic heterocycles. The normalized spacial score (nSPS) is 13.8. The van der Waals surface area contributed by atoms with Crippen LogP contribution in [-0.4, -0.2) is 39.8 Å². The third kappa shape index (κ3) is 2.82. The second-order valence-corrected chi connectivity index (χ2v) is 5.80. The lowest BCUT2D eigenvalue weighted by Crippen LogP contribution is -2.30. The molecule has 1 aromatic carbocycles. The number of hydrogen-bond acceptors (Lipinski definition) is 3. The van der Waals surface area contributed by atoms with Crippen LogP contribution in [0.5, 0.6) is 0 Å². The Balaban J connectivity index is 2.14. The van der Waals surface area contributed by atoms with E-state index in [4.69, 9.17) is 5.11 Å². The number of rotatable bonds is 5. The van der Waals surface area contributed by atoms with Gasteiger partial charge in [-0.3, -0.25) is 4.79 Å². The molecule has 0 saturated carbocycles. The zero-order valence-corrected chi connectivity index (χ0v) is 12.8. The molecule has 1 aromatic heterocycles. The number of nitrogens with zero attached hydrogens (tertiary/aromatic N) is 1. The Morgan fingerprint density at radius 1 is 1.22 bits per heavy atom. The van der Waals surface area contributed by atoms with E-state index in [1.54, 1.807) is 12.1 Å². The average Bonchev–Trinajstić information content (AvgIpc) is 2.87. The molecule has 1 heterocycles. The summed E-state index contributed by atoms with van der Waals surface area (Å²) >= 11 is 0. The average molecular weight is 316 g/mol. The first-order chi connectivity index (χ1) is 11.1. The number of fused-ring (bicyclic) bond motifs is 3. The minimum Gasteiger partial charge on any atom is -0.478 e. The Hall–Kier alpha value is -2.34. The van der Waals surface area contributed by atoms with E-state index in [1.165, 1.54) is 5.56 Å². The highest BCUT2D eigenvalue weighted by atomic mass is 16.4. The van der Waals surface area contributed by atoms with Gasteiger partial charge in [0.15, 0.2) is 0 Å². The van der Waals surface area contributed by atoms with Crippen LogP contribution in [0.25, 0.3) is 10.9 Å². The number of para-hydroxylation sites is 1. The SMILES string of the molecule is O=C(Cn1c2c(c3cccc(C(=O)O)c31)CCCC2)NCCO. The van der Waals surface area contributed by atoms with Crippen molar-refractivity contribution in [3.8, 4) is 0 Å². The summed E-state index contributed by atoms with van der Waals surface area (Å²) in [6.07, 6.45) is 3.90. The summed E-state index contributed by atoms with van der Waals surface area (Å²) in [6, 6.07) is 5.28. The number of aromatic carboxylic acids is 1. The summed E-state index contributed by atoms with van der Waals surface area (Å²) in [7, 11) is 0. The van der Waals surface area contributed by atoms with Gasteiger partial charge in [-0.05, 0) is 37.3 Å². The molecule has 6 heteroatoms.